The molecule has 1 unspecified atom stereocenters. The summed E-state index contributed by atoms with van der Waals surface area (Å²) in [6.45, 7) is 0. The maximum Gasteiger partial charge on any atom is 0.460 e. The second kappa shape index (κ2) is 9.48. The second-order valence-electron chi connectivity index (χ2n) is 7.12. The van der Waals surface area contributed by atoms with E-state index in [1.165, 1.54) is 0 Å². The van der Waals surface area contributed by atoms with Crippen LogP contribution in [0.2, 0.25) is 0 Å². The van der Waals surface area contributed by atoms with Gasteiger partial charge in [0, 0.05) is 13.5 Å². The van der Waals surface area contributed by atoms with Crippen LogP contribution in [0.5, 0.6) is 0 Å². The molecule has 1 aromatic carbocycles. The Morgan fingerprint density at radius 3 is 1.58 bits per heavy atom. The van der Waals surface area contributed by atoms with Gasteiger partial charge in [-0.2, -0.15) is 65.9 Å². The molecule has 0 spiro atoms. The molecular formula is C18H13F15O3. The number of carbonyl (C=O) groups excluding carboxylic acids is 1. The number of halogens is 15. The molecular weight excluding hydrogens is 549 g/mol. The van der Waals surface area contributed by atoms with Crippen LogP contribution in [0.4, 0.5) is 65.9 Å². The van der Waals surface area contributed by atoms with Crippen LogP contribution in [0.15, 0.2) is 24.3 Å². The minimum Gasteiger partial charge on any atom is -0.465 e. The average Bonchev–Trinajstić information content (AvgIpc) is 2.75. The molecule has 0 saturated carbocycles. The summed E-state index contributed by atoms with van der Waals surface area (Å²) in [4.78, 5) is 11.5. The molecule has 208 valence electrons. The third-order valence-corrected chi connectivity index (χ3v) is 4.80. The van der Waals surface area contributed by atoms with Gasteiger partial charge in [0.25, 0.3) is 0 Å². The summed E-state index contributed by atoms with van der Waals surface area (Å²) in [7, 11) is 1.37. The number of benzene rings is 1. The lowest BCUT2D eigenvalue weighted by molar-refractivity contribution is -0.453. The lowest BCUT2D eigenvalue weighted by atomic mass is 9.88. The van der Waals surface area contributed by atoms with Crippen molar-refractivity contribution < 1.29 is 80.1 Å². The Kier molecular flexibility index (Phi) is 8.33. The van der Waals surface area contributed by atoms with E-state index in [1.807, 2.05) is 0 Å². The van der Waals surface area contributed by atoms with Crippen molar-refractivity contribution >= 4 is 5.97 Å². The van der Waals surface area contributed by atoms with Gasteiger partial charge in [0.15, 0.2) is 0 Å². The standard InChI is InChI=1S/C18H13F15O3/c1-35-10(8-4-3-5-9(6-8)11(34)36-2)7-12(19,20)13(21,22)14(23,24)15(25,26)16(27,28)17(29,30)18(31,32)33/h3-6,10H,7H2,1-2H3. The first-order chi connectivity index (χ1) is 15.9. The van der Waals surface area contributed by atoms with Gasteiger partial charge in [0.2, 0.25) is 0 Å². The Morgan fingerprint density at radius 1 is 0.722 bits per heavy atom. The highest BCUT2D eigenvalue weighted by atomic mass is 19.4. The second-order valence-corrected chi connectivity index (χ2v) is 7.12. The van der Waals surface area contributed by atoms with Crippen LogP contribution < -0.4 is 0 Å². The van der Waals surface area contributed by atoms with Crippen LogP contribution in [-0.2, 0) is 9.47 Å². The minimum absolute atomic E-state index is 0.432. The van der Waals surface area contributed by atoms with E-state index in [9.17, 15) is 70.7 Å². The number of methoxy groups -OCH3 is 2. The Hall–Kier alpha value is -2.40. The predicted octanol–water partition coefficient (Wildman–Crippen LogP) is 6.92. The summed E-state index contributed by atoms with van der Waals surface area (Å²) < 4.78 is 208. The van der Waals surface area contributed by atoms with E-state index in [-0.39, 0.29) is 0 Å². The quantitative estimate of drug-likeness (QED) is 0.230. The van der Waals surface area contributed by atoms with E-state index in [2.05, 4.69) is 9.47 Å². The lowest BCUT2D eigenvalue weighted by Crippen LogP contribution is -2.72. The summed E-state index contributed by atoms with van der Waals surface area (Å²) >= 11 is 0. The number of ether oxygens (including phenoxy) is 2. The monoisotopic (exact) mass is 562 g/mol. The molecule has 0 aliphatic rings. The zero-order chi connectivity index (χ0) is 28.8. The first-order valence-corrected chi connectivity index (χ1v) is 8.92. The molecule has 1 rings (SSSR count). The van der Waals surface area contributed by atoms with E-state index in [0.717, 1.165) is 25.3 Å². The number of carbonyl (C=O) groups is 1. The zero-order valence-corrected chi connectivity index (χ0v) is 17.5. The van der Waals surface area contributed by atoms with E-state index in [4.69, 9.17) is 0 Å². The van der Waals surface area contributed by atoms with Crippen molar-refractivity contribution in [3.63, 3.8) is 0 Å². The van der Waals surface area contributed by atoms with Crippen LogP contribution in [0.3, 0.4) is 0 Å². The molecule has 0 aliphatic heterocycles. The van der Waals surface area contributed by atoms with Crippen LogP contribution in [0, 0.1) is 0 Å². The van der Waals surface area contributed by atoms with Gasteiger partial charge < -0.3 is 9.47 Å². The SMILES string of the molecule is COC(=O)c1cccc(C(CC(F)(F)C(F)(F)C(F)(F)C(F)(F)C(F)(F)C(F)(F)C(F)(F)F)OC)c1. The maximum atomic E-state index is 14.2. The zero-order valence-electron chi connectivity index (χ0n) is 17.5. The fourth-order valence-corrected chi connectivity index (χ4v) is 2.68. The topological polar surface area (TPSA) is 35.5 Å². The van der Waals surface area contributed by atoms with E-state index < -0.39 is 71.3 Å². The van der Waals surface area contributed by atoms with Crippen molar-refractivity contribution in [3.05, 3.63) is 35.4 Å². The molecule has 0 bridgehead atoms. The van der Waals surface area contributed by atoms with E-state index in [0.29, 0.717) is 13.2 Å². The summed E-state index contributed by atoms with van der Waals surface area (Å²) in [5, 5.41) is 0. The Morgan fingerprint density at radius 2 is 1.17 bits per heavy atom. The highest BCUT2D eigenvalue weighted by Gasteiger charge is 2.93. The fraction of sp³-hybridized carbons (Fsp3) is 0.611. The number of esters is 1. The molecule has 3 nitrogen and oxygen atoms in total. The molecule has 0 aliphatic carbocycles. The Labute approximate surface area is 191 Å². The van der Waals surface area contributed by atoms with Crippen molar-refractivity contribution in [2.45, 2.75) is 54.2 Å². The summed E-state index contributed by atoms with van der Waals surface area (Å²) in [6, 6.07) is 3.36. The van der Waals surface area contributed by atoms with Crippen LogP contribution >= 0.6 is 0 Å². The Bertz CT molecular complexity index is 940. The van der Waals surface area contributed by atoms with Crippen LogP contribution in [0.25, 0.3) is 0 Å². The normalized spacial score (nSPS) is 15.6. The van der Waals surface area contributed by atoms with Gasteiger partial charge >= 0.3 is 47.7 Å². The van der Waals surface area contributed by atoms with Gasteiger partial charge in [-0.05, 0) is 17.7 Å². The molecule has 1 atom stereocenters. The predicted molar refractivity (Wildman–Crippen MR) is 87.9 cm³/mol. The number of rotatable bonds is 10. The molecule has 0 heterocycles. The number of hydrogen-bond donors (Lipinski definition) is 0. The van der Waals surface area contributed by atoms with Crippen molar-refractivity contribution in [2.75, 3.05) is 14.2 Å². The lowest BCUT2D eigenvalue weighted by Gasteiger charge is -2.42. The van der Waals surface area contributed by atoms with Gasteiger partial charge in [-0.15, -0.1) is 0 Å². The molecule has 0 amide bonds. The summed E-state index contributed by atoms with van der Waals surface area (Å²) in [6.07, 6.45) is -12.8. The molecule has 18 heteroatoms. The molecule has 0 saturated heterocycles. The fourth-order valence-electron chi connectivity index (χ4n) is 2.68. The highest BCUT2D eigenvalue weighted by molar-refractivity contribution is 5.89. The Balaban J connectivity index is 3.52. The number of hydrogen-bond acceptors (Lipinski definition) is 3. The molecule has 0 N–H and O–H groups in total. The highest BCUT2D eigenvalue weighted by Crippen LogP contribution is 2.63. The van der Waals surface area contributed by atoms with Gasteiger partial charge in [0.1, 0.15) is 0 Å². The van der Waals surface area contributed by atoms with Gasteiger partial charge in [-0.1, -0.05) is 12.1 Å². The van der Waals surface area contributed by atoms with Crippen LogP contribution in [-0.4, -0.2) is 61.9 Å². The smallest absolute Gasteiger partial charge is 0.460 e. The van der Waals surface area contributed by atoms with Crippen molar-refractivity contribution in [2.24, 2.45) is 0 Å². The van der Waals surface area contributed by atoms with Crippen LogP contribution in [0.1, 0.15) is 28.4 Å². The number of alkyl halides is 15. The molecule has 0 aromatic heterocycles. The average molecular weight is 562 g/mol. The van der Waals surface area contributed by atoms with Crippen molar-refractivity contribution in [1.29, 1.82) is 0 Å². The molecule has 36 heavy (non-hydrogen) atoms. The van der Waals surface area contributed by atoms with Crippen molar-refractivity contribution in [1.82, 2.24) is 0 Å². The first-order valence-electron chi connectivity index (χ1n) is 8.92. The molecule has 0 radical (unpaired) electrons. The maximum absolute atomic E-state index is 14.2. The van der Waals surface area contributed by atoms with Gasteiger partial charge in [0.05, 0.1) is 18.8 Å². The molecule has 1 aromatic rings. The largest absolute Gasteiger partial charge is 0.465 e. The summed E-state index contributed by atoms with van der Waals surface area (Å²) in [5.74, 6) is -48.1. The summed E-state index contributed by atoms with van der Waals surface area (Å²) in [5.41, 5.74) is -1.09. The minimum atomic E-state index is -8.36. The third-order valence-electron chi connectivity index (χ3n) is 4.80. The van der Waals surface area contributed by atoms with Crippen molar-refractivity contribution in [3.8, 4) is 0 Å². The third kappa shape index (κ3) is 4.79. The first kappa shape index (κ1) is 31.6. The van der Waals surface area contributed by atoms with E-state index >= 15 is 0 Å². The van der Waals surface area contributed by atoms with Gasteiger partial charge in [-0.25, -0.2) is 4.79 Å². The van der Waals surface area contributed by atoms with Gasteiger partial charge in [-0.3, -0.25) is 0 Å². The van der Waals surface area contributed by atoms with E-state index in [1.54, 1.807) is 0 Å². The molecule has 0 fully saturated rings.